The lowest BCUT2D eigenvalue weighted by atomic mass is 10.2. The quantitative estimate of drug-likeness (QED) is 0.862. The predicted octanol–water partition coefficient (Wildman–Crippen LogP) is 2.85. The van der Waals surface area contributed by atoms with Gasteiger partial charge in [0.05, 0.1) is 15.0 Å². The maximum Gasteiger partial charge on any atom is 0.147 e. The fourth-order valence-corrected chi connectivity index (χ4v) is 2.48. The van der Waals surface area contributed by atoms with Crippen LogP contribution in [-0.4, -0.2) is 27.1 Å². The minimum absolute atomic E-state index is 0.0873. The zero-order valence-electron chi connectivity index (χ0n) is 9.31. The summed E-state index contributed by atoms with van der Waals surface area (Å²) in [6, 6.07) is 1.97. The topological polar surface area (TPSA) is 54.9 Å². The van der Waals surface area contributed by atoms with E-state index < -0.39 is 0 Å². The van der Waals surface area contributed by atoms with Gasteiger partial charge in [-0.15, -0.1) is 11.3 Å². The SMILES string of the molecule is CC(=O)C(Br)CCNc1ncnc2ccsc12. The Morgan fingerprint density at radius 2 is 2.41 bits per heavy atom. The molecule has 6 heteroatoms. The molecule has 2 heterocycles. The summed E-state index contributed by atoms with van der Waals surface area (Å²) in [5.41, 5.74) is 0.953. The minimum atomic E-state index is -0.0873. The molecule has 0 bridgehead atoms. The van der Waals surface area contributed by atoms with Gasteiger partial charge < -0.3 is 5.32 Å². The van der Waals surface area contributed by atoms with Crippen LogP contribution < -0.4 is 5.32 Å². The van der Waals surface area contributed by atoms with Crippen LogP contribution in [0.4, 0.5) is 5.82 Å². The van der Waals surface area contributed by atoms with Gasteiger partial charge in [-0.1, -0.05) is 15.9 Å². The number of fused-ring (bicyclic) bond motifs is 1. The molecule has 0 aliphatic rings. The molecular weight excluding hydrogens is 302 g/mol. The molecule has 0 saturated heterocycles. The second kappa shape index (κ2) is 5.55. The van der Waals surface area contributed by atoms with Gasteiger partial charge in [-0.3, -0.25) is 4.79 Å². The van der Waals surface area contributed by atoms with Gasteiger partial charge in [0.25, 0.3) is 0 Å². The van der Waals surface area contributed by atoms with E-state index in [2.05, 4.69) is 31.2 Å². The first-order valence-electron chi connectivity index (χ1n) is 5.25. The number of Topliss-reactive ketones (excluding diaryl/α,β-unsaturated/α-hetero) is 1. The van der Waals surface area contributed by atoms with E-state index >= 15 is 0 Å². The summed E-state index contributed by atoms with van der Waals surface area (Å²) in [4.78, 5) is 19.3. The summed E-state index contributed by atoms with van der Waals surface area (Å²) in [6.45, 7) is 2.29. The number of aromatic nitrogens is 2. The Morgan fingerprint density at radius 3 is 3.18 bits per heavy atom. The van der Waals surface area contributed by atoms with E-state index in [4.69, 9.17) is 0 Å². The number of thiophene rings is 1. The number of alkyl halides is 1. The average molecular weight is 314 g/mol. The van der Waals surface area contributed by atoms with Crippen LogP contribution in [0.2, 0.25) is 0 Å². The van der Waals surface area contributed by atoms with Crippen LogP contribution in [0.5, 0.6) is 0 Å². The van der Waals surface area contributed by atoms with Crippen molar-refractivity contribution in [2.75, 3.05) is 11.9 Å². The van der Waals surface area contributed by atoms with Crippen LogP contribution in [0.3, 0.4) is 0 Å². The van der Waals surface area contributed by atoms with Crippen LogP contribution in [0.1, 0.15) is 13.3 Å². The number of rotatable bonds is 5. The molecule has 17 heavy (non-hydrogen) atoms. The Kier molecular flexibility index (Phi) is 4.06. The number of halogens is 1. The zero-order valence-corrected chi connectivity index (χ0v) is 11.7. The van der Waals surface area contributed by atoms with Gasteiger partial charge in [-0.2, -0.15) is 0 Å². The van der Waals surface area contributed by atoms with Gasteiger partial charge in [-0.05, 0) is 24.8 Å². The van der Waals surface area contributed by atoms with Crippen LogP contribution in [0.15, 0.2) is 17.8 Å². The number of ketones is 1. The summed E-state index contributed by atoms with van der Waals surface area (Å²) < 4.78 is 1.06. The van der Waals surface area contributed by atoms with Gasteiger partial charge in [0.1, 0.15) is 17.9 Å². The number of hydrogen-bond acceptors (Lipinski definition) is 5. The van der Waals surface area contributed by atoms with Crippen molar-refractivity contribution in [3.63, 3.8) is 0 Å². The Balaban J connectivity index is 1.99. The molecule has 2 rings (SSSR count). The first kappa shape index (κ1) is 12.4. The Hall–Kier alpha value is -1.01. The summed E-state index contributed by atoms with van der Waals surface area (Å²) in [7, 11) is 0. The second-order valence-corrected chi connectivity index (χ2v) is 5.67. The number of carbonyl (C=O) groups excluding carboxylic acids is 1. The number of hydrogen-bond donors (Lipinski definition) is 1. The Bertz CT molecular complexity index is 528. The lowest BCUT2D eigenvalue weighted by molar-refractivity contribution is -0.116. The molecule has 0 aliphatic carbocycles. The zero-order chi connectivity index (χ0) is 12.3. The van der Waals surface area contributed by atoms with Crippen LogP contribution in [0.25, 0.3) is 10.2 Å². The largest absolute Gasteiger partial charge is 0.369 e. The number of anilines is 1. The highest BCUT2D eigenvalue weighted by Crippen LogP contribution is 2.24. The molecule has 0 saturated carbocycles. The molecule has 0 aromatic carbocycles. The number of nitrogens with one attached hydrogen (secondary N) is 1. The van der Waals surface area contributed by atoms with E-state index in [0.717, 1.165) is 22.5 Å². The molecule has 1 atom stereocenters. The van der Waals surface area contributed by atoms with Crippen LogP contribution >= 0.6 is 27.3 Å². The first-order chi connectivity index (χ1) is 8.18. The van der Waals surface area contributed by atoms with Crippen molar-refractivity contribution >= 4 is 49.1 Å². The van der Waals surface area contributed by atoms with Crippen molar-refractivity contribution in [1.29, 1.82) is 0 Å². The first-order valence-corrected chi connectivity index (χ1v) is 7.04. The van der Waals surface area contributed by atoms with E-state index in [1.54, 1.807) is 24.6 Å². The molecule has 0 spiro atoms. The molecule has 0 fully saturated rings. The van der Waals surface area contributed by atoms with Crippen LogP contribution in [0, 0.1) is 0 Å². The van der Waals surface area contributed by atoms with Crippen LogP contribution in [-0.2, 0) is 4.79 Å². The fourth-order valence-electron chi connectivity index (χ4n) is 1.44. The summed E-state index contributed by atoms with van der Waals surface area (Å²) in [5, 5.41) is 5.23. The molecule has 0 radical (unpaired) electrons. The van der Waals surface area contributed by atoms with Crippen molar-refractivity contribution in [1.82, 2.24) is 9.97 Å². The van der Waals surface area contributed by atoms with E-state index in [0.29, 0.717) is 6.54 Å². The fraction of sp³-hybridized carbons (Fsp3) is 0.364. The third-order valence-corrected chi connectivity index (χ3v) is 4.39. The highest BCUT2D eigenvalue weighted by Gasteiger charge is 2.10. The van der Waals surface area contributed by atoms with E-state index in [1.165, 1.54) is 0 Å². The monoisotopic (exact) mass is 313 g/mol. The van der Waals surface area contributed by atoms with Gasteiger partial charge in [-0.25, -0.2) is 9.97 Å². The van der Waals surface area contributed by atoms with Crippen molar-refractivity contribution in [2.24, 2.45) is 0 Å². The van der Waals surface area contributed by atoms with Crippen molar-refractivity contribution in [3.8, 4) is 0 Å². The average Bonchev–Trinajstić information content (AvgIpc) is 2.77. The standard InChI is InChI=1S/C11H12BrN3OS/c1-7(16)8(12)2-4-13-11-10-9(3-5-17-10)14-6-15-11/h3,5-6,8H,2,4H2,1H3,(H,13,14,15). The highest BCUT2D eigenvalue weighted by molar-refractivity contribution is 9.10. The Labute approximate surface area is 112 Å². The smallest absolute Gasteiger partial charge is 0.147 e. The van der Waals surface area contributed by atoms with Crippen molar-refractivity contribution in [3.05, 3.63) is 17.8 Å². The Morgan fingerprint density at radius 1 is 1.59 bits per heavy atom. The normalized spacial score (nSPS) is 12.6. The lowest BCUT2D eigenvalue weighted by Crippen LogP contribution is -2.15. The lowest BCUT2D eigenvalue weighted by Gasteiger charge is -2.08. The van der Waals surface area contributed by atoms with Gasteiger partial charge >= 0.3 is 0 Å². The minimum Gasteiger partial charge on any atom is -0.369 e. The molecule has 0 aliphatic heterocycles. The summed E-state index contributed by atoms with van der Waals surface area (Å²) in [5.74, 6) is 0.990. The van der Waals surface area contributed by atoms with Crippen molar-refractivity contribution < 1.29 is 4.79 Å². The molecule has 1 unspecified atom stereocenters. The van der Waals surface area contributed by atoms with E-state index in [9.17, 15) is 4.79 Å². The number of carbonyl (C=O) groups is 1. The predicted molar refractivity (Wildman–Crippen MR) is 73.9 cm³/mol. The van der Waals surface area contributed by atoms with Gasteiger partial charge in [0, 0.05) is 6.54 Å². The third-order valence-electron chi connectivity index (χ3n) is 2.37. The maximum atomic E-state index is 11.1. The van der Waals surface area contributed by atoms with Gasteiger partial charge in [0.2, 0.25) is 0 Å². The summed E-state index contributed by atoms with van der Waals surface area (Å²) >= 11 is 4.95. The second-order valence-electron chi connectivity index (χ2n) is 3.65. The maximum absolute atomic E-state index is 11.1. The molecule has 1 N–H and O–H groups in total. The van der Waals surface area contributed by atoms with E-state index in [1.807, 2.05) is 11.4 Å². The third kappa shape index (κ3) is 3.01. The molecule has 90 valence electrons. The van der Waals surface area contributed by atoms with Gasteiger partial charge in [0.15, 0.2) is 0 Å². The molecule has 0 amide bonds. The van der Waals surface area contributed by atoms with Crippen molar-refractivity contribution in [2.45, 2.75) is 18.2 Å². The number of nitrogens with zero attached hydrogens (tertiary/aromatic N) is 2. The molecule has 2 aromatic rings. The summed E-state index contributed by atoms with van der Waals surface area (Å²) in [6.07, 6.45) is 2.29. The highest BCUT2D eigenvalue weighted by atomic mass is 79.9. The molecular formula is C11H12BrN3OS. The molecule has 2 aromatic heterocycles. The molecule has 4 nitrogen and oxygen atoms in total. The van der Waals surface area contributed by atoms with E-state index in [-0.39, 0.29) is 10.6 Å².